The fraction of sp³-hybridized carbons (Fsp3) is 0.500. The van der Waals surface area contributed by atoms with Crippen molar-refractivity contribution in [3.63, 3.8) is 0 Å². The number of aliphatic imine (C=N–C) groups is 1. The molecule has 0 aliphatic rings. The Hall–Kier alpha value is -2.98. The third-order valence-electron chi connectivity index (χ3n) is 2.04. The lowest BCUT2D eigenvalue weighted by atomic mass is 10.2. The molecule has 0 fully saturated rings. The zero-order valence-electron chi connectivity index (χ0n) is 13.2. The van der Waals surface area contributed by atoms with Gasteiger partial charge in [-0.25, -0.2) is 14.4 Å². The maximum atomic E-state index is 11.7. The normalized spacial score (nSPS) is 12.8. The summed E-state index contributed by atoms with van der Waals surface area (Å²) in [5, 5.41) is 11.1. The van der Waals surface area contributed by atoms with Crippen molar-refractivity contribution >= 4 is 23.7 Å². The largest absolute Gasteiger partial charge is 0.464 e. The quantitative estimate of drug-likeness (QED) is 0.189. The van der Waals surface area contributed by atoms with Crippen LogP contribution in [0, 0.1) is 10.1 Å². The zero-order valence-corrected chi connectivity index (χ0v) is 13.2. The molecule has 0 aromatic rings. The van der Waals surface area contributed by atoms with Crippen molar-refractivity contribution < 1.29 is 33.5 Å². The molecule has 128 valence electrons. The molecule has 2 N–H and O–H groups in total. The summed E-state index contributed by atoms with van der Waals surface area (Å²) >= 11 is 0. The van der Waals surface area contributed by atoms with Crippen LogP contribution in [0.2, 0.25) is 0 Å². The first-order valence-electron chi connectivity index (χ1n) is 6.07. The number of nitrogens with zero attached hydrogens (tertiary/aromatic N) is 2. The first-order valence-corrected chi connectivity index (χ1v) is 6.07. The second kappa shape index (κ2) is 7.87. The van der Waals surface area contributed by atoms with Crippen molar-refractivity contribution in [1.29, 1.82) is 0 Å². The Bertz CT molecular complexity index is 586. The Kier molecular flexibility index (Phi) is 6.85. The molecular weight excluding hydrogens is 314 g/mol. The van der Waals surface area contributed by atoms with Gasteiger partial charge in [0.1, 0.15) is 5.60 Å². The van der Waals surface area contributed by atoms with Gasteiger partial charge in [0.25, 0.3) is 0 Å². The number of carbonyl (C=O) groups excluding carboxylic acids is 3. The minimum Gasteiger partial charge on any atom is -0.464 e. The molecule has 0 rings (SSSR count). The van der Waals surface area contributed by atoms with Gasteiger partial charge in [-0.1, -0.05) is 0 Å². The molecule has 0 unspecified atom stereocenters. The molecule has 1 amide bonds. The van der Waals surface area contributed by atoms with Gasteiger partial charge in [0.2, 0.25) is 5.71 Å². The highest BCUT2D eigenvalue weighted by Gasteiger charge is 2.35. The topological polar surface area (TPSA) is 160 Å². The monoisotopic (exact) mass is 331 g/mol. The van der Waals surface area contributed by atoms with Crippen LogP contribution in [0.4, 0.5) is 4.79 Å². The second-order valence-electron chi connectivity index (χ2n) is 4.94. The average molecular weight is 331 g/mol. The number of hydrogen-bond acceptors (Lipinski definition) is 9. The maximum Gasteiger partial charge on any atom is 0.435 e. The number of rotatable bonds is 4. The van der Waals surface area contributed by atoms with Crippen LogP contribution in [0.1, 0.15) is 20.8 Å². The highest BCUT2D eigenvalue weighted by atomic mass is 16.6. The third-order valence-corrected chi connectivity index (χ3v) is 2.04. The van der Waals surface area contributed by atoms with E-state index in [1.807, 2.05) is 0 Å². The van der Waals surface area contributed by atoms with E-state index in [2.05, 4.69) is 14.5 Å². The molecule has 0 radical (unpaired) electrons. The summed E-state index contributed by atoms with van der Waals surface area (Å²) < 4.78 is 13.4. The molecule has 11 nitrogen and oxygen atoms in total. The molecule has 0 saturated carbocycles. The highest BCUT2D eigenvalue weighted by Crippen LogP contribution is 2.12. The van der Waals surface area contributed by atoms with Gasteiger partial charge in [-0.15, -0.1) is 0 Å². The van der Waals surface area contributed by atoms with Gasteiger partial charge in [-0.3, -0.25) is 10.1 Å². The summed E-state index contributed by atoms with van der Waals surface area (Å²) in [7, 11) is 1.83. The van der Waals surface area contributed by atoms with Crippen molar-refractivity contribution in [2.24, 2.45) is 10.7 Å². The number of hydrogen-bond donors (Lipinski definition) is 1. The molecule has 0 aliphatic heterocycles. The summed E-state index contributed by atoms with van der Waals surface area (Å²) in [6, 6.07) is 0. The molecule has 0 saturated heterocycles. The second-order valence-corrected chi connectivity index (χ2v) is 4.94. The number of carbonyl (C=O) groups is 3. The molecule has 0 heterocycles. The lowest BCUT2D eigenvalue weighted by Crippen LogP contribution is -2.31. The molecule has 0 aliphatic carbocycles. The molecular formula is C12H17N3O8. The SMILES string of the molecule is COC(=O)C(=N\C(=O)OC(C)(C)C)/C(=C(\N)C(=O)OC)[N+](=O)[O-]. The van der Waals surface area contributed by atoms with Crippen molar-refractivity contribution in [3.05, 3.63) is 21.5 Å². The molecule has 11 heteroatoms. The van der Waals surface area contributed by atoms with E-state index in [9.17, 15) is 24.5 Å². The van der Waals surface area contributed by atoms with Crippen LogP contribution in [0.3, 0.4) is 0 Å². The summed E-state index contributed by atoms with van der Waals surface area (Å²) in [6.45, 7) is 4.56. The number of nitro groups is 1. The minimum absolute atomic E-state index is 0.902. The van der Waals surface area contributed by atoms with Gasteiger partial charge in [0.15, 0.2) is 5.70 Å². The van der Waals surface area contributed by atoms with Crippen molar-refractivity contribution in [2.45, 2.75) is 26.4 Å². The number of nitrogens with two attached hydrogens (primary N) is 1. The van der Waals surface area contributed by atoms with Crippen molar-refractivity contribution in [1.82, 2.24) is 0 Å². The molecule has 0 aromatic heterocycles. The Balaban J connectivity index is 6.15. The Morgan fingerprint density at radius 2 is 1.57 bits per heavy atom. The molecule has 23 heavy (non-hydrogen) atoms. The fourth-order valence-corrected chi connectivity index (χ4v) is 1.19. The van der Waals surface area contributed by atoms with Crippen LogP contribution in [0.5, 0.6) is 0 Å². The lowest BCUT2D eigenvalue weighted by Gasteiger charge is -2.17. The standard InChI is InChI=1S/C12H17N3O8/c1-12(2,3)23-11(18)14-7(10(17)22-5)8(15(19)20)6(13)9(16)21-4/h13H2,1-5H3/b8-6+,14-7-. The van der Waals surface area contributed by atoms with E-state index >= 15 is 0 Å². The molecule has 0 bridgehead atoms. The summed E-state index contributed by atoms with van der Waals surface area (Å²) in [4.78, 5) is 47.8. The van der Waals surface area contributed by atoms with E-state index in [1.165, 1.54) is 20.8 Å². The fourth-order valence-electron chi connectivity index (χ4n) is 1.19. The van der Waals surface area contributed by atoms with Crippen LogP contribution < -0.4 is 5.73 Å². The Morgan fingerprint density at radius 3 is 1.91 bits per heavy atom. The van der Waals surface area contributed by atoms with Crippen LogP contribution in [-0.2, 0) is 23.8 Å². The molecule has 0 aromatic carbocycles. The predicted molar refractivity (Wildman–Crippen MR) is 75.9 cm³/mol. The number of amides is 1. The summed E-state index contributed by atoms with van der Waals surface area (Å²) in [5.74, 6) is -2.63. The van der Waals surface area contributed by atoms with Gasteiger partial charge in [-0.05, 0) is 20.8 Å². The van der Waals surface area contributed by atoms with Gasteiger partial charge in [0.05, 0.1) is 19.1 Å². The van der Waals surface area contributed by atoms with Gasteiger partial charge >= 0.3 is 23.7 Å². The van der Waals surface area contributed by atoms with Gasteiger partial charge in [0, 0.05) is 0 Å². The van der Waals surface area contributed by atoms with Crippen LogP contribution in [0.25, 0.3) is 0 Å². The molecule has 0 spiro atoms. The van der Waals surface area contributed by atoms with E-state index in [0.29, 0.717) is 0 Å². The highest BCUT2D eigenvalue weighted by molar-refractivity contribution is 6.44. The Morgan fingerprint density at radius 1 is 1.09 bits per heavy atom. The van der Waals surface area contributed by atoms with Crippen LogP contribution >= 0.6 is 0 Å². The van der Waals surface area contributed by atoms with E-state index in [0.717, 1.165) is 14.2 Å². The van der Waals surface area contributed by atoms with Gasteiger partial charge < -0.3 is 19.9 Å². The van der Waals surface area contributed by atoms with E-state index < -0.39 is 45.7 Å². The minimum atomic E-state index is -1.35. The van der Waals surface area contributed by atoms with Crippen LogP contribution in [-0.4, -0.2) is 48.5 Å². The zero-order chi connectivity index (χ0) is 18.4. The summed E-state index contributed by atoms with van der Waals surface area (Å²) in [5.41, 5.74) is 0.989. The summed E-state index contributed by atoms with van der Waals surface area (Å²) in [6.07, 6.45) is -1.30. The van der Waals surface area contributed by atoms with Crippen molar-refractivity contribution in [3.8, 4) is 0 Å². The van der Waals surface area contributed by atoms with Crippen LogP contribution in [0.15, 0.2) is 16.4 Å². The number of esters is 2. The molecule has 0 atom stereocenters. The smallest absolute Gasteiger partial charge is 0.435 e. The van der Waals surface area contributed by atoms with E-state index in [1.54, 1.807) is 0 Å². The third kappa shape index (κ3) is 6.11. The lowest BCUT2D eigenvalue weighted by molar-refractivity contribution is -0.416. The average Bonchev–Trinajstić information content (AvgIpc) is 2.42. The predicted octanol–water partition coefficient (Wildman–Crippen LogP) is 0.155. The van der Waals surface area contributed by atoms with Crippen molar-refractivity contribution in [2.75, 3.05) is 14.2 Å². The first kappa shape index (κ1) is 20.0. The number of ether oxygens (including phenoxy) is 3. The Labute approximate surface area is 131 Å². The first-order chi connectivity index (χ1) is 10.4. The van der Waals surface area contributed by atoms with E-state index in [4.69, 9.17) is 10.5 Å². The van der Waals surface area contributed by atoms with Gasteiger partial charge in [-0.2, -0.15) is 4.99 Å². The number of methoxy groups -OCH3 is 2. The van der Waals surface area contributed by atoms with E-state index in [-0.39, 0.29) is 0 Å². The maximum absolute atomic E-state index is 11.7.